The Morgan fingerprint density at radius 2 is 1.73 bits per heavy atom. The molecule has 2 rings (SSSR count). The minimum Gasteiger partial charge on any atom is -0.354 e. The maximum atomic E-state index is 13.1. The Balaban J connectivity index is 2.09. The minimum atomic E-state index is -0.467. The molecular formula is C24H31ClN2O2S. The molecule has 0 aromatic heterocycles. The summed E-state index contributed by atoms with van der Waals surface area (Å²) >= 11 is 7.55. The summed E-state index contributed by atoms with van der Waals surface area (Å²) in [6.07, 6.45) is 1.82. The van der Waals surface area contributed by atoms with E-state index < -0.39 is 6.04 Å². The SMILES string of the molecule is CCCNC(=O)C(CC)N(Cc1ccc(C)cc1)C(=O)CCSc1ccc(Cl)cc1. The van der Waals surface area contributed by atoms with Crippen LogP contribution in [0, 0.1) is 6.92 Å². The monoisotopic (exact) mass is 446 g/mol. The number of nitrogens with one attached hydrogen (secondary N) is 1. The van der Waals surface area contributed by atoms with Crippen LogP contribution >= 0.6 is 23.4 Å². The molecule has 0 saturated heterocycles. The number of carbonyl (C=O) groups excluding carboxylic acids is 2. The fourth-order valence-electron chi connectivity index (χ4n) is 3.11. The second-order valence-corrected chi connectivity index (χ2v) is 8.88. The van der Waals surface area contributed by atoms with Crippen molar-refractivity contribution >= 4 is 35.2 Å². The third-order valence-corrected chi connectivity index (χ3v) is 6.07. The molecule has 0 radical (unpaired) electrons. The predicted molar refractivity (Wildman–Crippen MR) is 126 cm³/mol. The molecular weight excluding hydrogens is 416 g/mol. The van der Waals surface area contributed by atoms with E-state index in [1.165, 1.54) is 5.56 Å². The van der Waals surface area contributed by atoms with Gasteiger partial charge in [0, 0.05) is 35.2 Å². The Morgan fingerprint density at radius 3 is 2.33 bits per heavy atom. The van der Waals surface area contributed by atoms with Crippen molar-refractivity contribution in [2.24, 2.45) is 0 Å². The third-order valence-electron chi connectivity index (χ3n) is 4.81. The van der Waals surface area contributed by atoms with E-state index in [0.29, 0.717) is 36.7 Å². The average Bonchev–Trinajstić information content (AvgIpc) is 2.74. The first-order valence-electron chi connectivity index (χ1n) is 10.5. The quantitative estimate of drug-likeness (QED) is 0.466. The van der Waals surface area contributed by atoms with Crippen LogP contribution in [-0.4, -0.2) is 35.1 Å². The van der Waals surface area contributed by atoms with Gasteiger partial charge in [-0.05, 0) is 49.6 Å². The van der Waals surface area contributed by atoms with Crippen LogP contribution in [0.4, 0.5) is 0 Å². The smallest absolute Gasteiger partial charge is 0.242 e. The molecule has 1 atom stereocenters. The van der Waals surface area contributed by atoms with Crippen LogP contribution in [0.25, 0.3) is 0 Å². The van der Waals surface area contributed by atoms with Crippen LogP contribution in [-0.2, 0) is 16.1 Å². The van der Waals surface area contributed by atoms with Gasteiger partial charge in [0.2, 0.25) is 11.8 Å². The number of carbonyl (C=O) groups is 2. The number of nitrogens with zero attached hydrogens (tertiary/aromatic N) is 1. The van der Waals surface area contributed by atoms with Gasteiger partial charge in [0.15, 0.2) is 0 Å². The van der Waals surface area contributed by atoms with Crippen molar-refractivity contribution in [3.05, 3.63) is 64.7 Å². The van der Waals surface area contributed by atoms with Gasteiger partial charge in [-0.3, -0.25) is 9.59 Å². The van der Waals surface area contributed by atoms with E-state index in [0.717, 1.165) is 16.9 Å². The molecule has 0 aliphatic heterocycles. The molecule has 1 unspecified atom stereocenters. The number of thioether (sulfide) groups is 1. The van der Waals surface area contributed by atoms with Crippen molar-refractivity contribution in [1.82, 2.24) is 10.2 Å². The lowest BCUT2D eigenvalue weighted by molar-refractivity contribution is -0.141. The fraction of sp³-hybridized carbons (Fsp3) is 0.417. The van der Waals surface area contributed by atoms with Gasteiger partial charge in [0.25, 0.3) is 0 Å². The normalized spacial score (nSPS) is 11.7. The van der Waals surface area contributed by atoms with E-state index in [4.69, 9.17) is 11.6 Å². The second-order valence-electron chi connectivity index (χ2n) is 7.27. The zero-order chi connectivity index (χ0) is 21.9. The van der Waals surface area contributed by atoms with Gasteiger partial charge in [-0.15, -0.1) is 11.8 Å². The molecule has 2 aromatic carbocycles. The Bertz CT molecular complexity index is 809. The average molecular weight is 447 g/mol. The summed E-state index contributed by atoms with van der Waals surface area (Å²) in [5.41, 5.74) is 2.20. The number of hydrogen-bond donors (Lipinski definition) is 1. The summed E-state index contributed by atoms with van der Waals surface area (Å²) in [6, 6.07) is 15.2. The van der Waals surface area contributed by atoms with E-state index in [9.17, 15) is 9.59 Å². The molecule has 6 heteroatoms. The third kappa shape index (κ3) is 7.69. The highest BCUT2D eigenvalue weighted by Crippen LogP contribution is 2.22. The first-order chi connectivity index (χ1) is 14.4. The summed E-state index contributed by atoms with van der Waals surface area (Å²) in [5, 5.41) is 3.65. The van der Waals surface area contributed by atoms with Gasteiger partial charge in [0.05, 0.1) is 0 Å². The molecule has 0 fully saturated rings. The lowest BCUT2D eigenvalue weighted by atomic mass is 10.1. The topological polar surface area (TPSA) is 49.4 Å². The Morgan fingerprint density at radius 1 is 1.07 bits per heavy atom. The van der Waals surface area contributed by atoms with Gasteiger partial charge in [0.1, 0.15) is 6.04 Å². The molecule has 0 heterocycles. The van der Waals surface area contributed by atoms with Gasteiger partial charge in [-0.2, -0.15) is 0 Å². The Hall–Kier alpha value is -1.98. The van der Waals surface area contributed by atoms with Gasteiger partial charge < -0.3 is 10.2 Å². The van der Waals surface area contributed by atoms with E-state index in [1.807, 2.05) is 69.3 Å². The highest BCUT2D eigenvalue weighted by Gasteiger charge is 2.28. The maximum Gasteiger partial charge on any atom is 0.242 e. The number of hydrogen-bond acceptors (Lipinski definition) is 3. The summed E-state index contributed by atoms with van der Waals surface area (Å²) in [5.74, 6) is 0.568. The van der Waals surface area contributed by atoms with E-state index >= 15 is 0 Å². The van der Waals surface area contributed by atoms with Gasteiger partial charge in [-0.25, -0.2) is 0 Å². The van der Waals surface area contributed by atoms with Crippen molar-refractivity contribution in [1.29, 1.82) is 0 Å². The molecule has 4 nitrogen and oxygen atoms in total. The molecule has 30 heavy (non-hydrogen) atoms. The molecule has 162 valence electrons. The van der Waals surface area contributed by atoms with Crippen molar-refractivity contribution in [3.8, 4) is 0 Å². The zero-order valence-electron chi connectivity index (χ0n) is 18.0. The minimum absolute atomic E-state index is 0.00413. The fourth-order valence-corrected chi connectivity index (χ4v) is 4.07. The molecule has 0 aliphatic rings. The molecule has 2 amide bonds. The summed E-state index contributed by atoms with van der Waals surface area (Å²) in [7, 11) is 0. The summed E-state index contributed by atoms with van der Waals surface area (Å²) in [6.45, 7) is 7.06. The maximum absolute atomic E-state index is 13.1. The Kier molecular flexibility index (Phi) is 10.2. The lowest BCUT2D eigenvalue weighted by Crippen LogP contribution is -2.49. The van der Waals surface area contributed by atoms with Crippen molar-refractivity contribution < 1.29 is 9.59 Å². The molecule has 0 bridgehead atoms. The number of rotatable bonds is 11. The summed E-state index contributed by atoms with van der Waals surface area (Å²) in [4.78, 5) is 28.7. The standard InChI is InChI=1S/C24H31ClN2O2S/c1-4-15-26-24(29)22(5-2)27(17-19-8-6-18(3)7-9-19)23(28)14-16-30-21-12-10-20(25)11-13-21/h6-13,22H,4-5,14-17H2,1-3H3,(H,26,29). The van der Waals surface area contributed by atoms with Crippen LogP contribution in [0.3, 0.4) is 0 Å². The molecule has 0 spiro atoms. The number of aryl methyl sites for hydroxylation is 1. The van der Waals surface area contributed by atoms with Crippen LogP contribution in [0.2, 0.25) is 5.02 Å². The second kappa shape index (κ2) is 12.7. The van der Waals surface area contributed by atoms with Crippen LogP contribution in [0.1, 0.15) is 44.2 Å². The highest BCUT2D eigenvalue weighted by atomic mass is 35.5. The van der Waals surface area contributed by atoms with Gasteiger partial charge >= 0.3 is 0 Å². The van der Waals surface area contributed by atoms with Crippen molar-refractivity contribution in [2.75, 3.05) is 12.3 Å². The molecule has 0 saturated carbocycles. The van der Waals surface area contributed by atoms with E-state index in [1.54, 1.807) is 16.7 Å². The number of amides is 2. The van der Waals surface area contributed by atoms with E-state index in [2.05, 4.69) is 5.32 Å². The largest absolute Gasteiger partial charge is 0.354 e. The highest BCUT2D eigenvalue weighted by molar-refractivity contribution is 7.99. The van der Waals surface area contributed by atoms with Crippen LogP contribution < -0.4 is 5.32 Å². The molecule has 1 N–H and O–H groups in total. The predicted octanol–water partition coefficient (Wildman–Crippen LogP) is 5.46. The zero-order valence-corrected chi connectivity index (χ0v) is 19.6. The molecule has 2 aromatic rings. The Labute approximate surface area is 189 Å². The lowest BCUT2D eigenvalue weighted by Gasteiger charge is -2.30. The van der Waals surface area contributed by atoms with Gasteiger partial charge in [-0.1, -0.05) is 55.3 Å². The van der Waals surface area contributed by atoms with Crippen molar-refractivity contribution in [3.63, 3.8) is 0 Å². The van der Waals surface area contributed by atoms with Crippen molar-refractivity contribution in [2.45, 2.75) is 57.5 Å². The number of halogens is 1. The summed E-state index contributed by atoms with van der Waals surface area (Å²) < 4.78 is 0. The number of benzene rings is 2. The first-order valence-corrected chi connectivity index (χ1v) is 11.8. The van der Waals surface area contributed by atoms with E-state index in [-0.39, 0.29) is 11.8 Å². The van der Waals surface area contributed by atoms with Crippen LogP contribution in [0.15, 0.2) is 53.4 Å². The first kappa shape index (κ1) is 24.3. The molecule has 0 aliphatic carbocycles. The van der Waals surface area contributed by atoms with Crippen LogP contribution in [0.5, 0.6) is 0 Å².